The highest BCUT2D eigenvalue weighted by molar-refractivity contribution is 5.69. The first kappa shape index (κ1) is 41.7. The fourth-order valence-corrected chi connectivity index (χ4v) is 6.52. The van der Waals surface area contributed by atoms with Crippen LogP contribution in [0.25, 0.3) is 0 Å². The molecule has 1 aliphatic rings. The van der Waals surface area contributed by atoms with E-state index in [9.17, 15) is 9.90 Å². The van der Waals surface area contributed by atoms with E-state index in [1.54, 1.807) is 0 Å². The number of piperidine rings is 1. The number of aliphatic hydroxyl groups is 1. The van der Waals surface area contributed by atoms with Gasteiger partial charge in [0.1, 0.15) is 0 Å². The summed E-state index contributed by atoms with van der Waals surface area (Å²) >= 11 is 0. The Labute approximate surface area is 288 Å². The predicted molar refractivity (Wildman–Crippen MR) is 192 cm³/mol. The van der Waals surface area contributed by atoms with E-state index in [1.807, 2.05) is 18.2 Å². The molecular formula is C40H71NO6. The molecule has 272 valence electrons. The highest BCUT2D eigenvalue weighted by Gasteiger charge is 2.34. The Balaban J connectivity index is 1.63. The second kappa shape index (κ2) is 28.3. The second-order valence-electron chi connectivity index (χ2n) is 13.8. The largest absolute Gasteiger partial charge is 0.466 e. The van der Waals surface area contributed by atoms with Crippen LogP contribution in [-0.4, -0.2) is 74.9 Å². The molecule has 0 atom stereocenters. The lowest BCUT2D eigenvalue weighted by atomic mass is 9.73. The molecule has 0 bridgehead atoms. The van der Waals surface area contributed by atoms with E-state index in [1.165, 1.54) is 69.8 Å². The summed E-state index contributed by atoms with van der Waals surface area (Å²) in [5, 5.41) is 9.83. The van der Waals surface area contributed by atoms with Gasteiger partial charge in [0.05, 0.1) is 19.6 Å². The average molecular weight is 662 g/mol. The van der Waals surface area contributed by atoms with Crippen LogP contribution in [-0.2, 0) is 30.3 Å². The SMILES string of the molecule is CCCCCCCCOC(CCC(=O)OCCC1(CCO)CCN(CCCCOCc2ccccc2)CC1)OCCCCCCCC. The molecule has 2 rings (SSSR count). The van der Waals surface area contributed by atoms with Crippen molar-refractivity contribution < 1.29 is 28.8 Å². The number of hydrogen-bond donors (Lipinski definition) is 1. The number of carbonyl (C=O) groups excluding carboxylic acids is 1. The average Bonchev–Trinajstić information content (AvgIpc) is 3.09. The fraction of sp³-hybridized carbons (Fsp3) is 0.825. The summed E-state index contributed by atoms with van der Waals surface area (Å²) in [4.78, 5) is 15.3. The van der Waals surface area contributed by atoms with Gasteiger partial charge in [-0.15, -0.1) is 0 Å². The van der Waals surface area contributed by atoms with Gasteiger partial charge in [0.2, 0.25) is 0 Å². The summed E-state index contributed by atoms with van der Waals surface area (Å²) < 4.78 is 23.8. The van der Waals surface area contributed by atoms with Crippen LogP contribution in [0, 0.1) is 5.41 Å². The van der Waals surface area contributed by atoms with E-state index in [0.717, 1.165) is 77.6 Å². The number of hydrogen-bond acceptors (Lipinski definition) is 7. The van der Waals surface area contributed by atoms with Crippen molar-refractivity contribution in [2.24, 2.45) is 5.41 Å². The van der Waals surface area contributed by atoms with Gasteiger partial charge in [-0.05, 0) is 82.0 Å². The van der Waals surface area contributed by atoms with Crippen LogP contribution in [0.15, 0.2) is 30.3 Å². The Morgan fingerprint density at radius 3 is 1.98 bits per heavy atom. The van der Waals surface area contributed by atoms with Crippen LogP contribution in [0.5, 0.6) is 0 Å². The van der Waals surface area contributed by atoms with Gasteiger partial charge >= 0.3 is 5.97 Å². The minimum atomic E-state index is -0.339. The first-order valence-corrected chi connectivity index (χ1v) is 19.4. The number of nitrogens with zero attached hydrogens (tertiary/aromatic N) is 1. The van der Waals surface area contributed by atoms with Gasteiger partial charge in [-0.3, -0.25) is 4.79 Å². The molecule has 7 heteroatoms. The molecule has 0 aromatic heterocycles. The van der Waals surface area contributed by atoms with Gasteiger partial charge in [-0.25, -0.2) is 0 Å². The highest BCUT2D eigenvalue weighted by atomic mass is 16.7. The fourth-order valence-electron chi connectivity index (χ4n) is 6.52. The summed E-state index contributed by atoms with van der Waals surface area (Å²) in [6.45, 7) is 11.1. The third kappa shape index (κ3) is 21.2. The number of ether oxygens (including phenoxy) is 4. The number of unbranched alkanes of at least 4 members (excludes halogenated alkanes) is 11. The van der Waals surface area contributed by atoms with E-state index in [0.29, 0.717) is 39.3 Å². The molecule has 1 aliphatic heterocycles. The van der Waals surface area contributed by atoms with Crippen LogP contribution < -0.4 is 0 Å². The van der Waals surface area contributed by atoms with Crippen molar-refractivity contribution in [2.45, 2.75) is 155 Å². The summed E-state index contributed by atoms with van der Waals surface area (Å²) in [5.41, 5.74) is 1.27. The van der Waals surface area contributed by atoms with Crippen molar-refractivity contribution in [2.75, 3.05) is 52.7 Å². The van der Waals surface area contributed by atoms with Crippen LogP contribution in [0.2, 0.25) is 0 Å². The normalized spacial score (nSPS) is 15.0. The van der Waals surface area contributed by atoms with Gasteiger partial charge in [0.15, 0.2) is 6.29 Å². The van der Waals surface area contributed by atoms with Crippen LogP contribution in [0.1, 0.15) is 148 Å². The Hall–Kier alpha value is -1.51. The zero-order valence-electron chi connectivity index (χ0n) is 30.4. The topological polar surface area (TPSA) is 77.5 Å². The van der Waals surface area contributed by atoms with E-state index >= 15 is 0 Å². The van der Waals surface area contributed by atoms with Gasteiger partial charge in [-0.1, -0.05) is 108 Å². The summed E-state index contributed by atoms with van der Waals surface area (Å²) in [5.74, 6) is -0.174. The first-order chi connectivity index (χ1) is 23.1. The molecule has 1 aromatic carbocycles. The molecule has 0 aliphatic carbocycles. The Morgan fingerprint density at radius 2 is 1.36 bits per heavy atom. The molecule has 1 N–H and O–H groups in total. The maximum absolute atomic E-state index is 12.7. The monoisotopic (exact) mass is 662 g/mol. The Kier molecular flexibility index (Phi) is 25.1. The van der Waals surface area contributed by atoms with Gasteiger partial charge in [0.25, 0.3) is 0 Å². The van der Waals surface area contributed by atoms with Gasteiger partial charge in [-0.2, -0.15) is 0 Å². The third-order valence-electron chi connectivity index (χ3n) is 9.77. The second-order valence-corrected chi connectivity index (χ2v) is 13.8. The number of carbonyl (C=O) groups is 1. The van der Waals surface area contributed by atoms with Gasteiger partial charge in [0, 0.05) is 32.8 Å². The molecule has 0 amide bonds. The van der Waals surface area contributed by atoms with E-state index in [4.69, 9.17) is 18.9 Å². The highest BCUT2D eigenvalue weighted by Crippen LogP contribution is 2.38. The van der Waals surface area contributed by atoms with Crippen molar-refractivity contribution in [1.82, 2.24) is 4.90 Å². The molecule has 0 saturated carbocycles. The zero-order valence-corrected chi connectivity index (χ0v) is 30.4. The maximum atomic E-state index is 12.7. The zero-order chi connectivity index (χ0) is 33.7. The summed E-state index contributed by atoms with van der Waals surface area (Å²) in [6, 6.07) is 10.3. The lowest BCUT2D eigenvalue weighted by Crippen LogP contribution is -2.41. The van der Waals surface area contributed by atoms with Crippen molar-refractivity contribution in [3.05, 3.63) is 35.9 Å². The Morgan fingerprint density at radius 1 is 0.766 bits per heavy atom. The van der Waals surface area contributed by atoms with Crippen molar-refractivity contribution in [3.8, 4) is 0 Å². The minimum absolute atomic E-state index is 0.0489. The molecule has 1 heterocycles. The lowest BCUT2D eigenvalue weighted by Gasteiger charge is -2.42. The van der Waals surface area contributed by atoms with Gasteiger partial charge < -0.3 is 29.0 Å². The molecule has 1 aromatic rings. The van der Waals surface area contributed by atoms with Crippen LogP contribution >= 0.6 is 0 Å². The van der Waals surface area contributed by atoms with Crippen molar-refractivity contribution in [1.29, 1.82) is 0 Å². The molecule has 0 radical (unpaired) electrons. The van der Waals surface area contributed by atoms with E-state index in [2.05, 4.69) is 30.9 Å². The summed E-state index contributed by atoms with van der Waals surface area (Å²) in [6.07, 6.45) is 21.1. The van der Waals surface area contributed by atoms with E-state index < -0.39 is 0 Å². The van der Waals surface area contributed by atoms with Crippen molar-refractivity contribution >= 4 is 5.97 Å². The molecular weight excluding hydrogens is 590 g/mol. The third-order valence-corrected chi connectivity index (χ3v) is 9.77. The predicted octanol–water partition coefficient (Wildman–Crippen LogP) is 9.24. The number of benzene rings is 1. The molecule has 1 saturated heterocycles. The lowest BCUT2D eigenvalue weighted by molar-refractivity contribution is -0.160. The van der Waals surface area contributed by atoms with E-state index in [-0.39, 0.29) is 24.3 Å². The smallest absolute Gasteiger partial charge is 0.305 e. The maximum Gasteiger partial charge on any atom is 0.305 e. The molecule has 1 fully saturated rings. The standard InChI is InChI=1S/C40H71NO6/c1-3-5-7-9-11-17-33-46-39(47-34-18-12-10-8-6-4-2)23-22-38(43)45-35-27-40(26-31-42)24-29-41(30-25-40)28-16-19-32-44-36-37-20-14-13-15-21-37/h13-15,20-21,39,42H,3-12,16-19,22-36H2,1-2H3. The molecule has 7 nitrogen and oxygen atoms in total. The number of likely N-dealkylation sites (tertiary alicyclic amines) is 1. The number of rotatable bonds is 31. The first-order valence-electron chi connectivity index (χ1n) is 19.4. The van der Waals surface area contributed by atoms with Crippen molar-refractivity contribution in [3.63, 3.8) is 0 Å². The minimum Gasteiger partial charge on any atom is -0.466 e. The quantitative estimate of drug-likeness (QED) is 0.0483. The number of aliphatic hydroxyl groups excluding tert-OH is 1. The Bertz CT molecular complexity index is 826. The molecule has 0 spiro atoms. The summed E-state index contributed by atoms with van der Waals surface area (Å²) in [7, 11) is 0. The molecule has 47 heavy (non-hydrogen) atoms. The number of esters is 1. The molecule has 0 unspecified atom stereocenters. The van der Waals surface area contributed by atoms with Crippen LogP contribution in [0.4, 0.5) is 0 Å². The van der Waals surface area contributed by atoms with Crippen LogP contribution in [0.3, 0.4) is 0 Å².